The molecule has 1 aliphatic rings. The van der Waals surface area contributed by atoms with Crippen molar-refractivity contribution >= 4 is 16.9 Å². The second kappa shape index (κ2) is 12.5. The summed E-state index contributed by atoms with van der Waals surface area (Å²) in [5.74, 6) is 5.19. The summed E-state index contributed by atoms with van der Waals surface area (Å²) < 4.78 is 45.0. The lowest BCUT2D eigenvalue weighted by Crippen LogP contribution is -2.41. The van der Waals surface area contributed by atoms with E-state index in [0.717, 1.165) is 29.0 Å². The number of aromatic nitrogens is 1. The first-order chi connectivity index (χ1) is 18.7. The van der Waals surface area contributed by atoms with E-state index in [-0.39, 0.29) is 30.4 Å². The van der Waals surface area contributed by atoms with Crippen LogP contribution >= 0.6 is 0 Å². The molecule has 0 radical (unpaired) electrons. The van der Waals surface area contributed by atoms with Gasteiger partial charge in [-0.25, -0.2) is 0 Å². The molecule has 1 aliphatic heterocycles. The Hall–Kier alpha value is -3.61. The molecule has 0 bridgehead atoms. The molecule has 39 heavy (non-hydrogen) atoms. The van der Waals surface area contributed by atoms with Crippen molar-refractivity contribution in [3.63, 3.8) is 0 Å². The second-order valence-corrected chi connectivity index (χ2v) is 9.86. The summed E-state index contributed by atoms with van der Waals surface area (Å²) in [5.41, 5.74) is 0.667. The first-order valence-corrected chi connectivity index (χ1v) is 12.9. The van der Waals surface area contributed by atoms with Crippen molar-refractivity contribution in [2.24, 2.45) is 11.8 Å². The Balaban J connectivity index is 1.40. The van der Waals surface area contributed by atoms with Crippen LogP contribution in [0.25, 0.3) is 10.9 Å². The van der Waals surface area contributed by atoms with E-state index in [4.69, 9.17) is 4.74 Å². The molecule has 2 N–H and O–H groups in total. The quantitative estimate of drug-likeness (QED) is 0.365. The van der Waals surface area contributed by atoms with Gasteiger partial charge in [0.05, 0.1) is 30.8 Å². The van der Waals surface area contributed by atoms with Crippen molar-refractivity contribution in [1.82, 2.24) is 9.88 Å². The van der Waals surface area contributed by atoms with E-state index in [2.05, 4.69) is 16.8 Å². The van der Waals surface area contributed by atoms with Crippen LogP contribution in [0.4, 0.5) is 13.2 Å². The average molecular weight is 541 g/mol. The summed E-state index contributed by atoms with van der Waals surface area (Å²) in [7, 11) is 1.58. The number of aliphatic hydroxyl groups is 1. The number of fused-ring (bicyclic) bond motifs is 1. The maximum Gasteiger partial charge on any atom is 0.417 e. The molecule has 6 nitrogen and oxygen atoms in total. The first kappa shape index (κ1) is 28.4. The van der Waals surface area contributed by atoms with Crippen LogP contribution < -0.4 is 4.74 Å². The number of methoxy groups -OCH3 is 1. The third-order valence-electron chi connectivity index (χ3n) is 7.32. The predicted molar refractivity (Wildman–Crippen MR) is 141 cm³/mol. The van der Waals surface area contributed by atoms with Crippen LogP contribution in [0.15, 0.2) is 54.7 Å². The van der Waals surface area contributed by atoms with Gasteiger partial charge in [0, 0.05) is 30.1 Å². The Bertz CT molecular complexity index is 1370. The van der Waals surface area contributed by atoms with Crippen LogP contribution in [-0.2, 0) is 11.0 Å². The predicted octanol–water partition coefficient (Wildman–Crippen LogP) is 5.54. The van der Waals surface area contributed by atoms with Gasteiger partial charge in [0.2, 0.25) is 0 Å². The number of nitrogens with zero attached hydrogens (tertiary/aromatic N) is 2. The van der Waals surface area contributed by atoms with Crippen molar-refractivity contribution in [3.8, 4) is 17.6 Å². The lowest BCUT2D eigenvalue weighted by atomic mass is 9.79. The number of piperidine rings is 1. The van der Waals surface area contributed by atoms with Gasteiger partial charge in [-0.2, -0.15) is 13.2 Å². The summed E-state index contributed by atoms with van der Waals surface area (Å²) in [6.45, 7) is 1.39. The van der Waals surface area contributed by atoms with Crippen molar-refractivity contribution in [2.75, 3.05) is 26.7 Å². The summed E-state index contributed by atoms with van der Waals surface area (Å²) in [4.78, 5) is 17.9. The Kier molecular flexibility index (Phi) is 9.10. The number of carbonyl (C=O) groups is 1. The normalized spacial score (nSPS) is 18.8. The molecule has 0 aliphatic carbocycles. The maximum atomic E-state index is 13.2. The van der Waals surface area contributed by atoms with Gasteiger partial charge in [0.15, 0.2) is 0 Å². The number of aliphatic carboxylic acids is 1. The highest BCUT2D eigenvalue weighted by atomic mass is 19.4. The molecule has 0 amide bonds. The zero-order valence-corrected chi connectivity index (χ0v) is 21.6. The van der Waals surface area contributed by atoms with Crippen molar-refractivity contribution in [2.45, 2.75) is 38.0 Å². The number of carboxylic acid groups (broad SMARTS) is 1. The number of carboxylic acids is 1. The van der Waals surface area contributed by atoms with Gasteiger partial charge in [-0.05, 0) is 79.6 Å². The van der Waals surface area contributed by atoms with Gasteiger partial charge in [-0.1, -0.05) is 24.0 Å². The summed E-state index contributed by atoms with van der Waals surface area (Å²) in [6, 6.07) is 12.5. The Morgan fingerprint density at radius 2 is 2.00 bits per heavy atom. The molecule has 3 aromatic rings. The van der Waals surface area contributed by atoms with E-state index in [1.807, 2.05) is 23.1 Å². The van der Waals surface area contributed by atoms with E-state index < -0.39 is 23.8 Å². The average Bonchev–Trinajstić information content (AvgIpc) is 2.91. The molecule has 206 valence electrons. The monoisotopic (exact) mass is 540 g/mol. The van der Waals surface area contributed by atoms with Crippen molar-refractivity contribution < 1.29 is 32.9 Å². The number of pyridine rings is 1. The van der Waals surface area contributed by atoms with Gasteiger partial charge in [0.1, 0.15) is 5.75 Å². The van der Waals surface area contributed by atoms with Crippen LogP contribution in [0.1, 0.15) is 48.5 Å². The van der Waals surface area contributed by atoms with E-state index in [0.29, 0.717) is 31.7 Å². The molecule has 1 saturated heterocycles. The fraction of sp³-hybridized carbons (Fsp3) is 0.400. The minimum atomic E-state index is -4.48. The molecule has 1 fully saturated rings. The molecule has 1 aromatic heterocycles. The van der Waals surface area contributed by atoms with Gasteiger partial charge in [-0.15, -0.1) is 0 Å². The topological polar surface area (TPSA) is 82.9 Å². The third kappa shape index (κ3) is 7.28. The van der Waals surface area contributed by atoms with E-state index in [1.165, 1.54) is 18.2 Å². The smallest absolute Gasteiger partial charge is 0.417 e. The van der Waals surface area contributed by atoms with Gasteiger partial charge >= 0.3 is 12.1 Å². The largest absolute Gasteiger partial charge is 0.497 e. The van der Waals surface area contributed by atoms with E-state index in [1.54, 1.807) is 19.4 Å². The van der Waals surface area contributed by atoms with Crippen molar-refractivity contribution in [1.29, 1.82) is 0 Å². The van der Waals surface area contributed by atoms with Crippen LogP contribution in [0.2, 0.25) is 0 Å². The van der Waals surface area contributed by atoms with Crippen LogP contribution in [-0.4, -0.2) is 52.8 Å². The molecule has 3 atom stereocenters. The number of likely N-dealkylation sites (tertiary alicyclic amines) is 1. The maximum absolute atomic E-state index is 13.2. The standard InChI is InChI=1S/C30H31F3N2O4/c1-39-23-9-10-27-25(18-23)24(12-14-34-27)28(36)11-8-20-13-16-35(19-22(20)17-29(37)38)15-4-6-21-5-2-3-7-26(21)30(31,32)33/h2-3,5,7,9-10,12,14,18,20,22,28,36H,8,11,13,15-17,19H2,1H3,(H,37,38)/t20-,22+,28?/m1/s1. The Morgan fingerprint density at radius 3 is 2.74 bits per heavy atom. The molecule has 0 saturated carbocycles. The van der Waals surface area contributed by atoms with Crippen LogP contribution in [0.5, 0.6) is 5.75 Å². The molecule has 9 heteroatoms. The highest BCUT2D eigenvalue weighted by Crippen LogP contribution is 2.35. The molecule has 1 unspecified atom stereocenters. The molecule has 0 spiro atoms. The Labute approximate surface area is 225 Å². The first-order valence-electron chi connectivity index (χ1n) is 12.9. The van der Waals surface area contributed by atoms with Gasteiger partial charge < -0.3 is 14.9 Å². The number of hydrogen-bond acceptors (Lipinski definition) is 5. The van der Waals surface area contributed by atoms with Crippen LogP contribution in [0.3, 0.4) is 0 Å². The lowest BCUT2D eigenvalue weighted by Gasteiger charge is -2.37. The van der Waals surface area contributed by atoms with Gasteiger partial charge in [-0.3, -0.25) is 14.7 Å². The number of benzene rings is 2. The SMILES string of the molecule is COc1ccc2nccc(C(O)CC[C@@H]3CCN(CC#Cc4ccccc4C(F)(F)F)C[C@@H]3CC(=O)O)c2c1. The molecule has 2 aromatic carbocycles. The lowest BCUT2D eigenvalue weighted by molar-refractivity contribution is -0.139. The highest BCUT2D eigenvalue weighted by molar-refractivity contribution is 5.83. The zero-order valence-electron chi connectivity index (χ0n) is 21.6. The number of alkyl halides is 3. The summed E-state index contributed by atoms with van der Waals surface area (Å²) in [5, 5.41) is 21.4. The van der Waals surface area contributed by atoms with Crippen molar-refractivity contribution in [3.05, 3.63) is 71.4 Å². The minimum Gasteiger partial charge on any atom is -0.497 e. The number of ether oxygens (including phenoxy) is 1. The molecular formula is C30H31F3N2O4. The number of hydrogen-bond donors (Lipinski definition) is 2. The number of rotatable bonds is 8. The molecule has 2 heterocycles. The van der Waals surface area contributed by atoms with E-state index >= 15 is 0 Å². The third-order valence-corrected chi connectivity index (χ3v) is 7.32. The highest BCUT2D eigenvalue weighted by Gasteiger charge is 2.33. The fourth-order valence-electron chi connectivity index (χ4n) is 5.31. The van der Waals surface area contributed by atoms with E-state index in [9.17, 15) is 28.2 Å². The molecule has 4 rings (SSSR count). The number of aliphatic hydroxyl groups excluding tert-OH is 1. The molecular weight excluding hydrogens is 509 g/mol. The summed E-state index contributed by atoms with van der Waals surface area (Å²) >= 11 is 0. The zero-order chi connectivity index (χ0) is 28.0. The Morgan fingerprint density at radius 1 is 1.21 bits per heavy atom. The van der Waals surface area contributed by atoms with Gasteiger partial charge in [0.25, 0.3) is 0 Å². The fourth-order valence-corrected chi connectivity index (χ4v) is 5.31. The summed E-state index contributed by atoms with van der Waals surface area (Å²) in [6.07, 6.45) is -1.75. The number of halogens is 3. The second-order valence-electron chi connectivity index (χ2n) is 9.86. The van der Waals surface area contributed by atoms with Crippen LogP contribution in [0, 0.1) is 23.7 Å². The minimum absolute atomic E-state index is 0.0169.